The van der Waals surface area contributed by atoms with Crippen molar-refractivity contribution in [2.75, 3.05) is 32.1 Å². The van der Waals surface area contributed by atoms with Crippen molar-refractivity contribution in [3.05, 3.63) is 23.6 Å². The number of aromatic nitrogens is 1. The number of nitrogens with zero attached hydrogens (tertiary/aromatic N) is 2. The van der Waals surface area contributed by atoms with Gasteiger partial charge in [0.25, 0.3) is 0 Å². The van der Waals surface area contributed by atoms with Crippen molar-refractivity contribution in [1.82, 2.24) is 10.3 Å². The van der Waals surface area contributed by atoms with Crippen molar-refractivity contribution < 1.29 is 9.13 Å². The Morgan fingerprint density at radius 3 is 3.05 bits per heavy atom. The topological polar surface area (TPSA) is 37.4 Å². The summed E-state index contributed by atoms with van der Waals surface area (Å²) >= 11 is 0. The van der Waals surface area contributed by atoms with Gasteiger partial charge in [0.05, 0.1) is 5.60 Å². The monoisotopic (exact) mass is 267 g/mol. The van der Waals surface area contributed by atoms with E-state index in [0.29, 0.717) is 24.5 Å². The maximum atomic E-state index is 14.4. The summed E-state index contributed by atoms with van der Waals surface area (Å²) in [5, 5.41) is 2.97. The molecule has 1 N–H and O–H groups in total. The summed E-state index contributed by atoms with van der Waals surface area (Å²) in [5.74, 6) is 0.216. The molecule has 4 nitrogen and oxygen atoms in total. The number of nitrogens with one attached hydrogen (secondary N) is 1. The summed E-state index contributed by atoms with van der Waals surface area (Å²) in [7, 11) is 3.52. The van der Waals surface area contributed by atoms with Gasteiger partial charge in [-0.1, -0.05) is 0 Å². The number of hydrogen-bond acceptors (Lipinski definition) is 4. The van der Waals surface area contributed by atoms with Crippen LogP contribution in [0.4, 0.5) is 10.2 Å². The quantitative estimate of drug-likeness (QED) is 0.904. The molecule has 2 rings (SSSR count). The van der Waals surface area contributed by atoms with Crippen LogP contribution >= 0.6 is 0 Å². The van der Waals surface area contributed by atoms with Gasteiger partial charge in [0.2, 0.25) is 0 Å². The smallest absolute Gasteiger partial charge is 0.170 e. The zero-order valence-electron chi connectivity index (χ0n) is 11.9. The van der Waals surface area contributed by atoms with Crippen molar-refractivity contribution >= 4 is 5.82 Å². The summed E-state index contributed by atoms with van der Waals surface area (Å²) in [6, 6.07) is 1.72. The van der Waals surface area contributed by atoms with E-state index in [2.05, 4.69) is 17.2 Å². The Bertz CT molecular complexity index is 441. The van der Waals surface area contributed by atoms with Crippen LogP contribution in [0.1, 0.15) is 25.3 Å². The van der Waals surface area contributed by atoms with Gasteiger partial charge in [-0.25, -0.2) is 9.37 Å². The predicted octanol–water partition coefficient (Wildman–Crippen LogP) is 1.95. The van der Waals surface area contributed by atoms with Crippen LogP contribution in [0.3, 0.4) is 0 Å². The van der Waals surface area contributed by atoms with Crippen LogP contribution in [0, 0.1) is 5.82 Å². The molecular weight excluding hydrogens is 245 g/mol. The Morgan fingerprint density at radius 2 is 2.37 bits per heavy atom. The third kappa shape index (κ3) is 3.04. The lowest BCUT2D eigenvalue weighted by Crippen LogP contribution is -2.48. The lowest BCUT2D eigenvalue weighted by atomic mass is 9.94. The highest BCUT2D eigenvalue weighted by molar-refractivity contribution is 5.44. The molecule has 5 heteroatoms. The molecule has 0 radical (unpaired) electrons. The van der Waals surface area contributed by atoms with Crippen molar-refractivity contribution in [2.24, 2.45) is 0 Å². The number of ether oxygens (including phenoxy) is 1. The first-order valence-electron chi connectivity index (χ1n) is 6.68. The summed E-state index contributed by atoms with van der Waals surface area (Å²) in [6.07, 6.45) is 3.66. The number of anilines is 1. The average molecular weight is 267 g/mol. The Morgan fingerprint density at radius 1 is 1.58 bits per heavy atom. The van der Waals surface area contributed by atoms with Crippen molar-refractivity contribution in [3.8, 4) is 0 Å². The van der Waals surface area contributed by atoms with Crippen LogP contribution in [0.15, 0.2) is 12.3 Å². The fourth-order valence-corrected chi connectivity index (χ4v) is 2.57. The Balaban J connectivity index is 2.24. The van der Waals surface area contributed by atoms with Crippen LogP contribution in [-0.4, -0.2) is 37.8 Å². The fourth-order valence-electron chi connectivity index (χ4n) is 2.57. The number of rotatable bonds is 4. The van der Waals surface area contributed by atoms with Gasteiger partial charge in [-0.15, -0.1) is 0 Å². The Labute approximate surface area is 114 Å². The fraction of sp³-hybridized carbons (Fsp3) is 0.643. The van der Waals surface area contributed by atoms with Crippen LogP contribution in [0.25, 0.3) is 0 Å². The van der Waals surface area contributed by atoms with Crippen molar-refractivity contribution in [2.45, 2.75) is 31.9 Å². The second-order valence-corrected chi connectivity index (χ2v) is 5.32. The van der Waals surface area contributed by atoms with Crippen LogP contribution in [0.2, 0.25) is 0 Å². The molecule has 0 spiro atoms. The standard InChI is InChI=1S/C14H22FN3O/c1-14(19-3)6-4-8-18(10-14)13-12(15)11(9-16-2)5-7-17-13/h5,7,16H,4,6,8-10H2,1-3H3. The van der Waals surface area contributed by atoms with Crippen LogP contribution in [0.5, 0.6) is 0 Å². The number of pyridine rings is 1. The normalized spacial score (nSPS) is 23.7. The van der Waals surface area contributed by atoms with E-state index in [0.717, 1.165) is 19.4 Å². The molecule has 1 saturated heterocycles. The van der Waals surface area contributed by atoms with Crippen LogP contribution < -0.4 is 10.2 Å². The van der Waals surface area contributed by atoms with Gasteiger partial charge in [-0.2, -0.15) is 0 Å². The molecule has 1 unspecified atom stereocenters. The Hall–Kier alpha value is -1.20. The molecule has 106 valence electrons. The maximum absolute atomic E-state index is 14.4. The molecule has 0 saturated carbocycles. The average Bonchev–Trinajstić information content (AvgIpc) is 2.41. The third-order valence-electron chi connectivity index (χ3n) is 3.77. The van der Waals surface area contributed by atoms with E-state index >= 15 is 0 Å². The molecule has 1 atom stereocenters. The molecule has 1 fully saturated rings. The first-order chi connectivity index (χ1) is 9.09. The summed E-state index contributed by atoms with van der Waals surface area (Å²) < 4.78 is 20.0. The minimum Gasteiger partial charge on any atom is -0.377 e. The van der Waals surface area contributed by atoms with Gasteiger partial charge in [-0.3, -0.25) is 0 Å². The second kappa shape index (κ2) is 5.84. The molecular formula is C14H22FN3O. The van der Waals surface area contributed by atoms with E-state index < -0.39 is 0 Å². The molecule has 0 aromatic carbocycles. The lowest BCUT2D eigenvalue weighted by Gasteiger charge is -2.40. The minimum atomic E-state index is -0.225. The van der Waals surface area contributed by atoms with Gasteiger partial charge in [0.15, 0.2) is 11.6 Å². The van der Waals surface area contributed by atoms with E-state index in [9.17, 15) is 4.39 Å². The molecule has 1 aliphatic heterocycles. The predicted molar refractivity (Wildman–Crippen MR) is 73.8 cm³/mol. The molecule has 2 heterocycles. The van der Waals surface area contributed by atoms with E-state index in [1.165, 1.54) is 0 Å². The molecule has 1 aromatic rings. The maximum Gasteiger partial charge on any atom is 0.170 e. The highest BCUT2D eigenvalue weighted by Gasteiger charge is 2.32. The molecule has 1 aromatic heterocycles. The molecule has 19 heavy (non-hydrogen) atoms. The van der Waals surface area contributed by atoms with Gasteiger partial charge in [-0.05, 0) is 32.9 Å². The van der Waals surface area contributed by atoms with E-state index in [4.69, 9.17) is 4.74 Å². The summed E-state index contributed by atoms with van der Waals surface area (Å²) in [6.45, 7) is 4.08. The highest BCUT2D eigenvalue weighted by atomic mass is 19.1. The molecule has 0 amide bonds. The lowest BCUT2D eigenvalue weighted by molar-refractivity contribution is -0.00494. The first-order valence-corrected chi connectivity index (χ1v) is 6.68. The zero-order chi connectivity index (χ0) is 13.9. The summed E-state index contributed by atoms with van der Waals surface area (Å²) in [5.41, 5.74) is 0.433. The molecule has 1 aliphatic rings. The number of halogens is 1. The Kier molecular flexibility index (Phi) is 4.37. The van der Waals surface area contributed by atoms with Gasteiger partial charge >= 0.3 is 0 Å². The van der Waals surface area contributed by atoms with Crippen molar-refractivity contribution in [3.63, 3.8) is 0 Å². The van der Waals surface area contributed by atoms with Crippen LogP contribution in [-0.2, 0) is 11.3 Å². The van der Waals surface area contributed by atoms with Gasteiger partial charge in [0, 0.05) is 38.5 Å². The van der Waals surface area contributed by atoms with E-state index in [1.54, 1.807) is 19.4 Å². The number of hydrogen-bond donors (Lipinski definition) is 1. The number of methoxy groups -OCH3 is 1. The van der Waals surface area contributed by atoms with E-state index in [-0.39, 0.29) is 11.4 Å². The molecule has 0 bridgehead atoms. The van der Waals surface area contributed by atoms with E-state index in [1.807, 2.05) is 11.9 Å². The second-order valence-electron chi connectivity index (χ2n) is 5.32. The van der Waals surface area contributed by atoms with Crippen molar-refractivity contribution in [1.29, 1.82) is 0 Å². The number of piperidine rings is 1. The van der Waals surface area contributed by atoms with Gasteiger partial charge in [0.1, 0.15) is 0 Å². The third-order valence-corrected chi connectivity index (χ3v) is 3.77. The summed E-state index contributed by atoms with van der Waals surface area (Å²) in [4.78, 5) is 6.20. The zero-order valence-corrected chi connectivity index (χ0v) is 11.9. The molecule has 0 aliphatic carbocycles. The first kappa shape index (κ1) is 14.2. The van der Waals surface area contributed by atoms with Gasteiger partial charge < -0.3 is 15.0 Å². The minimum absolute atomic E-state index is 0.217. The highest BCUT2D eigenvalue weighted by Crippen LogP contribution is 2.29. The SMILES string of the molecule is CNCc1ccnc(N2CCCC(C)(OC)C2)c1F. The largest absolute Gasteiger partial charge is 0.377 e.